The zero-order valence-corrected chi connectivity index (χ0v) is 64.4. The molecule has 0 radical (unpaired) electrons. The summed E-state index contributed by atoms with van der Waals surface area (Å²) in [6.07, 6.45) is 0. The van der Waals surface area contributed by atoms with E-state index in [-0.39, 0.29) is 0 Å². The molecule has 4 heteroatoms. The summed E-state index contributed by atoms with van der Waals surface area (Å²) >= 11 is 0. The predicted octanol–water partition coefficient (Wildman–Crippen LogP) is 33.1. The van der Waals surface area contributed by atoms with Crippen LogP contribution in [0.15, 0.2) is 382 Å². The van der Waals surface area contributed by atoms with E-state index >= 15 is 0 Å². The number of benzene rings is 27. The molecular weight excluding hydrogens is 1450 g/mol. The van der Waals surface area contributed by atoms with Crippen molar-refractivity contribution in [3.8, 4) is 17.2 Å². The highest BCUT2D eigenvalue weighted by atomic mass is 31.2. The maximum absolute atomic E-state index is 7.45. The lowest BCUT2D eigenvalue weighted by molar-refractivity contribution is 0.393. The highest BCUT2D eigenvalue weighted by Gasteiger charge is 2.25. The van der Waals surface area contributed by atoms with Gasteiger partial charge in [0.25, 0.3) is 0 Å². The highest BCUT2D eigenvalue weighted by Crippen LogP contribution is 2.50. The molecule has 0 saturated heterocycles. The molecule has 0 spiro atoms. The van der Waals surface area contributed by atoms with Crippen molar-refractivity contribution in [2.24, 2.45) is 0 Å². The molecule has 0 aliphatic carbocycles. The Morgan fingerprint density at radius 1 is 0.102 bits per heavy atom. The second kappa shape index (κ2) is 24.3. The summed E-state index contributed by atoms with van der Waals surface area (Å²) in [4.78, 5) is 0. The van der Waals surface area contributed by atoms with Crippen LogP contribution in [-0.2, 0) is 0 Å². The third-order valence-electron chi connectivity index (χ3n) is 26.0. The first-order valence-electron chi connectivity index (χ1n) is 40.6. The summed E-state index contributed by atoms with van der Waals surface area (Å²) < 4.78 is 22.4. The zero-order chi connectivity index (χ0) is 76.7. The van der Waals surface area contributed by atoms with Crippen LogP contribution in [0.4, 0.5) is 0 Å². The van der Waals surface area contributed by atoms with Gasteiger partial charge in [0.05, 0.1) is 0 Å². The third kappa shape index (κ3) is 10.2. The molecule has 27 aromatic carbocycles. The first kappa shape index (κ1) is 64.4. The Morgan fingerprint density at radius 3 is 0.407 bits per heavy atom. The molecule has 0 aromatic heterocycles. The van der Waals surface area contributed by atoms with Crippen LogP contribution in [0.5, 0.6) is 17.2 Å². The standard InChI is InChI=1S/C114H63O3P/c1-4-13-67-31-82-49-94-55-103-73(37-88(94)43-79(82)28-64(67)10-1)22-25-76-40-91-46-85-34-70-16-7-19-112(109(70)61-100(85)52-97(91)58-106(76)103)115-118(116-113-20-8-17-71-35-86-47-92-41-77-26-23-74-38-89-44-80-29-65-11-2-5-14-68(65)32-83(80)50-95(89)56-104(74)107(77)59-98(92)53-101(86)62-110(71)113)117-114-21-9-18-72-36-87-48-93-42-78-27-24-75-39-90-45-81-30-66-12-3-6-15-69(66)33-84(81)51-96(90)57-105(75)108(78)60-99(93)54-102(87)63-111(72)114/h1-63H. The Bertz CT molecular complexity index is 8480. The molecule has 542 valence electrons. The molecule has 0 fully saturated rings. The van der Waals surface area contributed by atoms with Crippen LogP contribution >= 0.6 is 8.60 Å². The summed E-state index contributed by atoms with van der Waals surface area (Å²) in [5, 5.41) is 57.2. The summed E-state index contributed by atoms with van der Waals surface area (Å²) in [6, 6.07) is 143. The summed E-state index contributed by atoms with van der Waals surface area (Å²) in [6.45, 7) is 0. The Hall–Kier alpha value is -15.0. The van der Waals surface area contributed by atoms with E-state index in [1.54, 1.807) is 0 Å². The van der Waals surface area contributed by atoms with Gasteiger partial charge in [-0.1, -0.05) is 146 Å². The fourth-order valence-electron chi connectivity index (χ4n) is 20.0. The van der Waals surface area contributed by atoms with Crippen molar-refractivity contribution in [1.29, 1.82) is 0 Å². The van der Waals surface area contributed by atoms with Gasteiger partial charge in [-0.25, -0.2) is 0 Å². The van der Waals surface area contributed by atoms with Crippen LogP contribution in [0.2, 0.25) is 0 Å². The normalized spacial score (nSPS) is 12.5. The fourth-order valence-corrected chi connectivity index (χ4v) is 21.1. The molecule has 0 amide bonds. The van der Waals surface area contributed by atoms with Gasteiger partial charge < -0.3 is 13.6 Å². The Kier molecular flexibility index (Phi) is 13.3. The number of hydrogen-bond donors (Lipinski definition) is 0. The molecule has 27 rings (SSSR count). The first-order chi connectivity index (χ1) is 58.2. The molecule has 0 unspecified atom stereocenters. The van der Waals surface area contributed by atoms with E-state index in [0.717, 1.165) is 64.6 Å². The number of hydrogen-bond acceptors (Lipinski definition) is 3. The van der Waals surface area contributed by atoms with E-state index in [1.807, 2.05) is 0 Å². The van der Waals surface area contributed by atoms with Crippen molar-refractivity contribution >= 4 is 267 Å². The molecule has 0 aliphatic heterocycles. The third-order valence-corrected chi connectivity index (χ3v) is 27.0. The van der Waals surface area contributed by atoms with Gasteiger partial charge in [0, 0.05) is 16.2 Å². The van der Waals surface area contributed by atoms with Gasteiger partial charge in [0.15, 0.2) is 0 Å². The monoisotopic (exact) mass is 1510 g/mol. The van der Waals surface area contributed by atoms with Crippen molar-refractivity contribution in [1.82, 2.24) is 0 Å². The molecule has 0 N–H and O–H groups in total. The first-order valence-corrected chi connectivity index (χ1v) is 41.7. The fraction of sp³-hybridized carbons (Fsp3) is 0. The van der Waals surface area contributed by atoms with Gasteiger partial charge >= 0.3 is 8.60 Å². The minimum atomic E-state index is -2.23. The molecule has 118 heavy (non-hydrogen) atoms. The highest BCUT2D eigenvalue weighted by molar-refractivity contribution is 7.43. The maximum Gasteiger partial charge on any atom is 0.530 e. The minimum absolute atomic E-state index is 0.668. The summed E-state index contributed by atoms with van der Waals surface area (Å²) in [5.74, 6) is 2.00. The summed E-state index contributed by atoms with van der Waals surface area (Å²) in [7, 11) is -2.23. The molecule has 0 atom stereocenters. The van der Waals surface area contributed by atoms with Crippen molar-refractivity contribution in [3.63, 3.8) is 0 Å². The Morgan fingerprint density at radius 2 is 0.229 bits per heavy atom. The van der Waals surface area contributed by atoms with Crippen molar-refractivity contribution in [3.05, 3.63) is 382 Å². The second-order valence-corrected chi connectivity index (χ2v) is 34.0. The zero-order valence-electron chi connectivity index (χ0n) is 63.5. The van der Waals surface area contributed by atoms with E-state index < -0.39 is 8.60 Å². The molecule has 0 aliphatic rings. The van der Waals surface area contributed by atoms with Gasteiger partial charge in [0.2, 0.25) is 0 Å². The van der Waals surface area contributed by atoms with Crippen LogP contribution in [0.25, 0.3) is 259 Å². The van der Waals surface area contributed by atoms with E-state index in [0.29, 0.717) is 17.2 Å². The topological polar surface area (TPSA) is 27.7 Å². The largest absolute Gasteiger partial charge is 0.530 e. The minimum Gasteiger partial charge on any atom is -0.408 e. The van der Waals surface area contributed by atoms with Gasteiger partial charge in [-0.3, -0.25) is 0 Å². The number of fused-ring (bicyclic) bond motifs is 27. The average Bonchev–Trinajstić information content (AvgIpc) is 0.744. The lowest BCUT2D eigenvalue weighted by Gasteiger charge is -2.21. The summed E-state index contributed by atoms with van der Waals surface area (Å²) in [5.41, 5.74) is 0. The van der Waals surface area contributed by atoms with E-state index in [4.69, 9.17) is 13.6 Å². The lowest BCUT2D eigenvalue weighted by atomic mass is 9.93. The van der Waals surface area contributed by atoms with Crippen LogP contribution in [0.3, 0.4) is 0 Å². The van der Waals surface area contributed by atoms with Gasteiger partial charge in [0.1, 0.15) is 17.2 Å². The van der Waals surface area contributed by atoms with E-state index in [2.05, 4.69) is 382 Å². The van der Waals surface area contributed by atoms with Crippen LogP contribution < -0.4 is 13.6 Å². The second-order valence-electron chi connectivity index (χ2n) is 33.0. The van der Waals surface area contributed by atoms with E-state index in [1.165, 1.54) is 194 Å². The predicted molar refractivity (Wildman–Crippen MR) is 508 cm³/mol. The SMILES string of the molecule is c1ccc2cc3cc4cc5c(ccc6cc7cc8cc9cccc(OP(Oc%10cccc%11cc%12cc%13cc%14ccc%15cc%16cc%17cc%18ccccc%18cc%17cc%16cc%15c%14cc%13cc%12cc%10%11)Oc%10cccc%11cc%12cc%13cc%14ccc%15cc%16cc%17cc%18ccccc%18cc%17cc%16cc%15c%14cc%13cc%12cc%10%11)c9cc8cc7cc65)cc4cc3cc2c1. The molecule has 27 aromatic rings. The Balaban J connectivity index is 0.586. The number of rotatable bonds is 6. The van der Waals surface area contributed by atoms with E-state index in [9.17, 15) is 0 Å². The quantitative estimate of drug-likeness (QED) is 0.0943. The Labute approximate surface area is 675 Å². The van der Waals surface area contributed by atoms with Crippen molar-refractivity contribution < 1.29 is 13.6 Å². The molecule has 0 heterocycles. The van der Waals surface area contributed by atoms with Crippen molar-refractivity contribution in [2.45, 2.75) is 0 Å². The van der Waals surface area contributed by atoms with Crippen LogP contribution in [0, 0.1) is 0 Å². The molecule has 0 saturated carbocycles. The molecular formula is C114H63O3P. The molecule has 3 nitrogen and oxygen atoms in total. The van der Waals surface area contributed by atoms with Crippen molar-refractivity contribution in [2.75, 3.05) is 0 Å². The van der Waals surface area contributed by atoms with Crippen LogP contribution in [0.1, 0.15) is 0 Å². The molecule has 0 bridgehead atoms. The smallest absolute Gasteiger partial charge is 0.408 e. The maximum atomic E-state index is 7.45. The van der Waals surface area contributed by atoms with Gasteiger partial charge in [-0.2, -0.15) is 0 Å². The van der Waals surface area contributed by atoms with Crippen LogP contribution in [-0.4, -0.2) is 0 Å². The average molecular weight is 1510 g/mol. The lowest BCUT2D eigenvalue weighted by Crippen LogP contribution is -2.03. The van der Waals surface area contributed by atoms with Gasteiger partial charge in [-0.05, 0) is 479 Å². The van der Waals surface area contributed by atoms with Gasteiger partial charge in [-0.15, -0.1) is 0 Å².